The highest BCUT2D eigenvalue weighted by Crippen LogP contribution is 2.29. The predicted octanol–water partition coefficient (Wildman–Crippen LogP) is 2.37. The molecule has 0 radical (unpaired) electrons. The number of para-hydroxylation sites is 1. The molecule has 0 N–H and O–H groups in total. The minimum absolute atomic E-state index is 0.341. The van der Waals surface area contributed by atoms with E-state index in [1.54, 1.807) is 18.2 Å². The molecule has 0 saturated heterocycles. The van der Waals surface area contributed by atoms with E-state index >= 15 is 0 Å². The van der Waals surface area contributed by atoms with Gasteiger partial charge < -0.3 is 9.47 Å². The molecule has 3 rings (SSSR count). The number of carbonyl (C=O) groups is 2. The molecule has 0 aliphatic rings. The molecule has 0 saturated carbocycles. The highest BCUT2D eigenvalue weighted by Gasteiger charge is 2.10. The molecule has 0 unspecified atom stereocenters. The molecule has 2 heterocycles. The number of pyridine rings is 2. The van der Waals surface area contributed by atoms with Crippen LogP contribution in [-0.4, -0.2) is 22.9 Å². The fraction of sp³-hybridized carbons (Fsp3) is 0. The van der Waals surface area contributed by atoms with Crippen LogP contribution >= 0.6 is 0 Å². The van der Waals surface area contributed by atoms with Gasteiger partial charge in [0.15, 0.2) is 0 Å². The van der Waals surface area contributed by atoms with Crippen molar-refractivity contribution in [2.45, 2.75) is 0 Å². The molecule has 0 aliphatic heterocycles. The van der Waals surface area contributed by atoms with Crippen LogP contribution in [0.15, 0.2) is 48.7 Å². The maximum absolute atomic E-state index is 10.7. The van der Waals surface area contributed by atoms with Crippen LogP contribution < -0.4 is 9.47 Å². The van der Waals surface area contributed by atoms with Crippen molar-refractivity contribution in [2.24, 2.45) is 0 Å². The van der Waals surface area contributed by atoms with Crippen LogP contribution in [0.4, 0.5) is 0 Å². The molecule has 0 aliphatic carbocycles. The standard InChI is InChI=1S/C16H10N2O4/c19-9-21-11-5-6-17-14(7-11)15-8-16(22-10-20)12-3-1-2-4-13(12)18-15/h1-10H. The minimum atomic E-state index is 0.341. The Balaban J connectivity index is 2.16. The molecule has 6 nitrogen and oxygen atoms in total. The molecular formula is C16H10N2O4. The van der Waals surface area contributed by atoms with Gasteiger partial charge in [0.25, 0.3) is 12.9 Å². The van der Waals surface area contributed by atoms with Crippen LogP contribution in [0.3, 0.4) is 0 Å². The van der Waals surface area contributed by atoms with Crippen molar-refractivity contribution >= 4 is 23.8 Å². The summed E-state index contributed by atoms with van der Waals surface area (Å²) in [5.74, 6) is 0.743. The highest BCUT2D eigenvalue weighted by molar-refractivity contribution is 5.88. The van der Waals surface area contributed by atoms with Gasteiger partial charge in [0.05, 0.1) is 16.9 Å². The van der Waals surface area contributed by atoms with E-state index in [9.17, 15) is 9.59 Å². The second-order valence-electron chi connectivity index (χ2n) is 4.33. The first-order valence-electron chi connectivity index (χ1n) is 6.38. The molecule has 0 bridgehead atoms. The molecule has 0 spiro atoms. The number of ether oxygens (including phenoxy) is 2. The molecule has 6 heteroatoms. The van der Waals surface area contributed by atoms with E-state index in [1.165, 1.54) is 6.20 Å². The van der Waals surface area contributed by atoms with Crippen molar-refractivity contribution in [2.75, 3.05) is 0 Å². The SMILES string of the molecule is O=COc1ccnc(-c2cc(OC=O)c3ccccc3n2)c1. The summed E-state index contributed by atoms with van der Waals surface area (Å²) in [5.41, 5.74) is 1.67. The number of benzene rings is 1. The number of hydrogen-bond acceptors (Lipinski definition) is 6. The summed E-state index contributed by atoms with van der Waals surface area (Å²) in [6.45, 7) is 0.707. The number of hydrogen-bond donors (Lipinski definition) is 0. The minimum Gasteiger partial charge on any atom is -0.429 e. The second-order valence-corrected chi connectivity index (χ2v) is 4.33. The molecule has 0 amide bonds. The maximum atomic E-state index is 10.7. The summed E-state index contributed by atoms with van der Waals surface area (Å²) in [6, 6.07) is 12.0. The summed E-state index contributed by atoms with van der Waals surface area (Å²) in [6.07, 6.45) is 1.51. The van der Waals surface area contributed by atoms with Crippen molar-refractivity contribution < 1.29 is 19.1 Å². The van der Waals surface area contributed by atoms with E-state index in [1.807, 2.05) is 24.3 Å². The normalized spacial score (nSPS) is 10.2. The Labute approximate surface area is 125 Å². The quantitative estimate of drug-likeness (QED) is 0.672. The summed E-state index contributed by atoms with van der Waals surface area (Å²) in [7, 11) is 0. The topological polar surface area (TPSA) is 78.4 Å². The van der Waals surface area contributed by atoms with Gasteiger partial charge in [-0.1, -0.05) is 12.1 Å². The number of rotatable bonds is 5. The molecule has 2 aromatic heterocycles. The molecule has 3 aromatic rings. The Morgan fingerprint density at radius 1 is 0.909 bits per heavy atom. The lowest BCUT2D eigenvalue weighted by Crippen LogP contribution is -1.95. The molecule has 108 valence electrons. The highest BCUT2D eigenvalue weighted by atomic mass is 16.5. The lowest BCUT2D eigenvalue weighted by atomic mass is 10.1. The Morgan fingerprint density at radius 2 is 1.73 bits per heavy atom. The van der Waals surface area contributed by atoms with Crippen LogP contribution in [0.5, 0.6) is 11.5 Å². The molecule has 0 atom stereocenters. The number of carbonyl (C=O) groups excluding carboxylic acids is 2. The average molecular weight is 294 g/mol. The Hall–Kier alpha value is -3.28. The van der Waals surface area contributed by atoms with Crippen LogP contribution in [-0.2, 0) is 9.59 Å². The van der Waals surface area contributed by atoms with E-state index in [2.05, 4.69) is 9.97 Å². The first-order chi connectivity index (χ1) is 10.8. The summed E-state index contributed by atoms with van der Waals surface area (Å²) in [5, 5.41) is 0.721. The summed E-state index contributed by atoms with van der Waals surface area (Å²) >= 11 is 0. The van der Waals surface area contributed by atoms with E-state index in [0.29, 0.717) is 41.3 Å². The van der Waals surface area contributed by atoms with Crippen molar-refractivity contribution in [3.63, 3.8) is 0 Å². The number of fused-ring (bicyclic) bond motifs is 1. The van der Waals surface area contributed by atoms with E-state index in [-0.39, 0.29) is 0 Å². The third-order valence-corrected chi connectivity index (χ3v) is 3.03. The monoisotopic (exact) mass is 294 g/mol. The van der Waals surface area contributed by atoms with Gasteiger partial charge in [0.2, 0.25) is 0 Å². The van der Waals surface area contributed by atoms with Crippen LogP contribution in [0.2, 0.25) is 0 Å². The summed E-state index contributed by atoms with van der Waals surface area (Å²) in [4.78, 5) is 29.8. The maximum Gasteiger partial charge on any atom is 0.298 e. The van der Waals surface area contributed by atoms with Crippen LogP contribution in [0.25, 0.3) is 22.3 Å². The first-order valence-corrected chi connectivity index (χ1v) is 6.38. The molecule has 0 fully saturated rings. The zero-order chi connectivity index (χ0) is 15.4. The molecule has 22 heavy (non-hydrogen) atoms. The smallest absolute Gasteiger partial charge is 0.298 e. The molecule has 1 aromatic carbocycles. The fourth-order valence-electron chi connectivity index (χ4n) is 2.10. The zero-order valence-electron chi connectivity index (χ0n) is 11.3. The van der Waals surface area contributed by atoms with Crippen molar-refractivity contribution in [1.82, 2.24) is 9.97 Å². The lowest BCUT2D eigenvalue weighted by Gasteiger charge is -2.08. The van der Waals surface area contributed by atoms with Gasteiger partial charge in [-0.05, 0) is 18.2 Å². The van der Waals surface area contributed by atoms with Crippen LogP contribution in [0.1, 0.15) is 0 Å². The van der Waals surface area contributed by atoms with Crippen LogP contribution in [0, 0.1) is 0 Å². The van der Waals surface area contributed by atoms with Gasteiger partial charge in [0, 0.05) is 23.7 Å². The van der Waals surface area contributed by atoms with E-state index in [0.717, 1.165) is 5.39 Å². The predicted molar refractivity (Wildman–Crippen MR) is 78.4 cm³/mol. The Morgan fingerprint density at radius 3 is 2.55 bits per heavy atom. The zero-order valence-corrected chi connectivity index (χ0v) is 11.3. The number of nitrogens with zero attached hydrogens (tertiary/aromatic N) is 2. The van der Waals surface area contributed by atoms with Crippen molar-refractivity contribution in [3.05, 3.63) is 48.7 Å². The fourth-order valence-corrected chi connectivity index (χ4v) is 2.10. The van der Waals surface area contributed by atoms with E-state index in [4.69, 9.17) is 9.47 Å². The van der Waals surface area contributed by atoms with Gasteiger partial charge in [-0.25, -0.2) is 4.98 Å². The number of aromatic nitrogens is 2. The van der Waals surface area contributed by atoms with Gasteiger partial charge in [-0.15, -0.1) is 0 Å². The first kappa shape index (κ1) is 13.7. The molecular weight excluding hydrogens is 284 g/mol. The third kappa shape index (κ3) is 2.62. The van der Waals surface area contributed by atoms with Gasteiger partial charge in [0.1, 0.15) is 11.5 Å². The largest absolute Gasteiger partial charge is 0.429 e. The Bertz CT molecular complexity index is 848. The summed E-state index contributed by atoms with van der Waals surface area (Å²) < 4.78 is 9.82. The van der Waals surface area contributed by atoms with E-state index < -0.39 is 0 Å². The lowest BCUT2D eigenvalue weighted by molar-refractivity contribution is -0.121. The third-order valence-electron chi connectivity index (χ3n) is 3.03. The van der Waals surface area contributed by atoms with Crippen molar-refractivity contribution in [1.29, 1.82) is 0 Å². The van der Waals surface area contributed by atoms with Crippen molar-refractivity contribution in [3.8, 4) is 22.9 Å². The Kier molecular flexibility index (Phi) is 3.74. The van der Waals surface area contributed by atoms with Gasteiger partial charge >= 0.3 is 0 Å². The second kappa shape index (κ2) is 6.01. The average Bonchev–Trinajstić information content (AvgIpc) is 2.56. The van der Waals surface area contributed by atoms with Gasteiger partial charge in [-0.2, -0.15) is 0 Å². The van der Waals surface area contributed by atoms with Gasteiger partial charge in [-0.3, -0.25) is 14.6 Å².